The molecule has 1 saturated carbocycles. The van der Waals surface area contributed by atoms with Gasteiger partial charge in [-0.1, -0.05) is 19.1 Å². The molecule has 0 N–H and O–H groups in total. The molecular weight excluding hydrogens is 148 g/mol. The highest BCUT2D eigenvalue weighted by Crippen LogP contribution is 2.46. The lowest BCUT2D eigenvalue weighted by Crippen LogP contribution is -1.84. The average Bonchev–Trinajstić information content (AvgIpc) is 2.83. The molecule has 0 spiro atoms. The summed E-state index contributed by atoms with van der Waals surface area (Å²) in [4.78, 5) is 0. The summed E-state index contributed by atoms with van der Waals surface area (Å²) in [5, 5.41) is 0. The molecule has 0 amide bonds. The van der Waals surface area contributed by atoms with Crippen LogP contribution in [0.3, 0.4) is 0 Å². The minimum Gasteiger partial charge on any atom is -0.497 e. The van der Waals surface area contributed by atoms with Gasteiger partial charge in [-0.2, -0.15) is 0 Å². The van der Waals surface area contributed by atoms with Crippen molar-refractivity contribution in [2.24, 2.45) is 5.92 Å². The van der Waals surface area contributed by atoms with Crippen molar-refractivity contribution in [3.8, 4) is 5.75 Å². The predicted octanol–water partition coefficient (Wildman–Crippen LogP) is 2.82. The summed E-state index contributed by atoms with van der Waals surface area (Å²) in [5.41, 5.74) is 1.46. The molecule has 0 aromatic heterocycles. The Bertz CT molecular complexity index is 263. The summed E-state index contributed by atoms with van der Waals surface area (Å²) in [6.07, 6.45) is 1.35. The van der Waals surface area contributed by atoms with Crippen molar-refractivity contribution in [3.63, 3.8) is 0 Å². The third kappa shape index (κ3) is 1.31. The van der Waals surface area contributed by atoms with E-state index in [0.717, 1.165) is 17.6 Å². The topological polar surface area (TPSA) is 9.23 Å². The Hall–Kier alpha value is -0.980. The fourth-order valence-corrected chi connectivity index (χ4v) is 1.64. The summed E-state index contributed by atoms with van der Waals surface area (Å²) in [7, 11) is 1.70. The van der Waals surface area contributed by atoms with E-state index in [4.69, 9.17) is 4.74 Å². The number of benzene rings is 1. The zero-order chi connectivity index (χ0) is 8.55. The van der Waals surface area contributed by atoms with Gasteiger partial charge in [0.25, 0.3) is 0 Å². The molecule has 0 unspecified atom stereocenters. The van der Waals surface area contributed by atoms with Crippen LogP contribution >= 0.6 is 0 Å². The second kappa shape index (κ2) is 2.81. The largest absolute Gasteiger partial charge is 0.497 e. The van der Waals surface area contributed by atoms with E-state index in [9.17, 15) is 0 Å². The van der Waals surface area contributed by atoms with Crippen LogP contribution in [0.2, 0.25) is 0 Å². The molecule has 0 heterocycles. The van der Waals surface area contributed by atoms with Gasteiger partial charge in [0.05, 0.1) is 7.11 Å². The Kier molecular flexibility index (Phi) is 1.80. The van der Waals surface area contributed by atoms with Crippen molar-refractivity contribution in [3.05, 3.63) is 29.8 Å². The van der Waals surface area contributed by atoms with E-state index >= 15 is 0 Å². The number of rotatable bonds is 2. The van der Waals surface area contributed by atoms with Gasteiger partial charge >= 0.3 is 0 Å². The average molecular weight is 162 g/mol. The zero-order valence-corrected chi connectivity index (χ0v) is 7.58. The fourth-order valence-electron chi connectivity index (χ4n) is 1.64. The van der Waals surface area contributed by atoms with Crippen LogP contribution in [-0.2, 0) is 0 Å². The number of ether oxygens (including phenoxy) is 1. The minimum absolute atomic E-state index is 0.816. The van der Waals surface area contributed by atoms with Gasteiger partial charge in [-0.15, -0.1) is 0 Å². The first-order chi connectivity index (χ1) is 5.81. The highest BCUT2D eigenvalue weighted by Gasteiger charge is 2.33. The lowest BCUT2D eigenvalue weighted by molar-refractivity contribution is 0.414. The standard InChI is InChI=1S/C11H14O/c1-8-7-11(8)9-3-5-10(12-2)6-4-9/h3-6,8,11H,7H2,1-2H3/t8-,11-/m1/s1. The monoisotopic (exact) mass is 162 g/mol. The summed E-state index contributed by atoms with van der Waals surface area (Å²) >= 11 is 0. The molecular formula is C11H14O. The maximum Gasteiger partial charge on any atom is 0.118 e. The molecule has 1 aliphatic rings. The van der Waals surface area contributed by atoms with Crippen LogP contribution in [0, 0.1) is 5.92 Å². The van der Waals surface area contributed by atoms with E-state index in [1.54, 1.807) is 7.11 Å². The van der Waals surface area contributed by atoms with Crippen LogP contribution in [-0.4, -0.2) is 7.11 Å². The Labute approximate surface area is 73.4 Å². The third-order valence-electron chi connectivity index (χ3n) is 2.65. The molecule has 1 aromatic carbocycles. The number of hydrogen-bond acceptors (Lipinski definition) is 1. The summed E-state index contributed by atoms with van der Waals surface area (Å²) < 4.78 is 5.10. The van der Waals surface area contributed by atoms with Crippen molar-refractivity contribution in [1.82, 2.24) is 0 Å². The first-order valence-corrected chi connectivity index (χ1v) is 4.45. The van der Waals surface area contributed by atoms with Gasteiger partial charge in [-0.05, 0) is 36.0 Å². The third-order valence-corrected chi connectivity index (χ3v) is 2.65. The van der Waals surface area contributed by atoms with Crippen molar-refractivity contribution in [2.45, 2.75) is 19.3 Å². The Morgan fingerprint density at radius 3 is 2.25 bits per heavy atom. The predicted molar refractivity (Wildman–Crippen MR) is 49.5 cm³/mol. The normalized spacial score (nSPS) is 26.8. The molecule has 2 rings (SSSR count). The maximum atomic E-state index is 5.10. The van der Waals surface area contributed by atoms with Gasteiger partial charge in [0.2, 0.25) is 0 Å². The molecule has 0 radical (unpaired) electrons. The highest BCUT2D eigenvalue weighted by atomic mass is 16.5. The van der Waals surface area contributed by atoms with Crippen molar-refractivity contribution in [1.29, 1.82) is 0 Å². The smallest absolute Gasteiger partial charge is 0.118 e. The van der Waals surface area contributed by atoms with Crippen molar-refractivity contribution < 1.29 is 4.74 Å². The molecule has 1 heteroatoms. The van der Waals surface area contributed by atoms with Gasteiger partial charge in [0, 0.05) is 0 Å². The lowest BCUT2D eigenvalue weighted by atomic mass is 10.1. The molecule has 0 bridgehead atoms. The number of methoxy groups -OCH3 is 1. The molecule has 1 aromatic rings. The molecule has 1 aliphatic carbocycles. The quantitative estimate of drug-likeness (QED) is 0.649. The molecule has 0 aliphatic heterocycles. The van der Waals surface area contributed by atoms with E-state index in [2.05, 4.69) is 19.1 Å². The molecule has 2 atom stereocenters. The SMILES string of the molecule is COc1ccc([C@@H]2C[C@H]2C)cc1. The van der Waals surface area contributed by atoms with Gasteiger partial charge < -0.3 is 4.74 Å². The molecule has 64 valence electrons. The Balaban J connectivity index is 2.14. The van der Waals surface area contributed by atoms with E-state index in [1.807, 2.05) is 12.1 Å². The molecule has 1 nitrogen and oxygen atoms in total. The van der Waals surface area contributed by atoms with Gasteiger partial charge in [0.1, 0.15) is 5.75 Å². The summed E-state index contributed by atoms with van der Waals surface area (Å²) in [5.74, 6) is 2.65. The van der Waals surface area contributed by atoms with Crippen LogP contribution in [0.15, 0.2) is 24.3 Å². The Morgan fingerprint density at radius 1 is 1.25 bits per heavy atom. The molecule has 12 heavy (non-hydrogen) atoms. The fraction of sp³-hybridized carbons (Fsp3) is 0.455. The maximum absolute atomic E-state index is 5.10. The lowest BCUT2D eigenvalue weighted by Gasteiger charge is -2.01. The van der Waals surface area contributed by atoms with Gasteiger partial charge in [0.15, 0.2) is 0 Å². The van der Waals surface area contributed by atoms with Crippen LogP contribution in [0.1, 0.15) is 24.8 Å². The summed E-state index contributed by atoms with van der Waals surface area (Å²) in [6.45, 7) is 2.30. The van der Waals surface area contributed by atoms with Crippen LogP contribution in [0.25, 0.3) is 0 Å². The molecule has 1 fully saturated rings. The van der Waals surface area contributed by atoms with E-state index in [0.29, 0.717) is 0 Å². The van der Waals surface area contributed by atoms with Crippen LogP contribution in [0.4, 0.5) is 0 Å². The number of hydrogen-bond donors (Lipinski definition) is 0. The van der Waals surface area contributed by atoms with Gasteiger partial charge in [-0.3, -0.25) is 0 Å². The van der Waals surface area contributed by atoms with E-state index in [-0.39, 0.29) is 0 Å². The van der Waals surface area contributed by atoms with Crippen LogP contribution in [0.5, 0.6) is 5.75 Å². The second-order valence-corrected chi connectivity index (χ2v) is 3.59. The van der Waals surface area contributed by atoms with Gasteiger partial charge in [-0.25, -0.2) is 0 Å². The van der Waals surface area contributed by atoms with Crippen molar-refractivity contribution >= 4 is 0 Å². The first kappa shape index (κ1) is 7.66. The zero-order valence-electron chi connectivity index (χ0n) is 7.58. The molecule has 0 saturated heterocycles. The Morgan fingerprint density at radius 2 is 1.83 bits per heavy atom. The van der Waals surface area contributed by atoms with Crippen LogP contribution < -0.4 is 4.74 Å². The van der Waals surface area contributed by atoms with Crippen molar-refractivity contribution in [2.75, 3.05) is 7.11 Å². The summed E-state index contributed by atoms with van der Waals surface area (Å²) in [6, 6.07) is 8.43. The second-order valence-electron chi connectivity index (χ2n) is 3.59. The first-order valence-electron chi connectivity index (χ1n) is 4.45. The van der Waals surface area contributed by atoms with E-state index < -0.39 is 0 Å². The highest BCUT2D eigenvalue weighted by molar-refractivity contribution is 5.32. The minimum atomic E-state index is 0.816. The van der Waals surface area contributed by atoms with E-state index in [1.165, 1.54) is 12.0 Å².